The second-order valence-corrected chi connectivity index (χ2v) is 7.32. The summed E-state index contributed by atoms with van der Waals surface area (Å²) in [5, 5.41) is 17.0. The molecule has 2 fully saturated rings. The normalized spacial score (nSPS) is 23.3. The van der Waals surface area contributed by atoms with Crippen LogP contribution in [0, 0.1) is 25.2 Å². The van der Waals surface area contributed by atoms with Crippen molar-refractivity contribution < 1.29 is 4.79 Å². The molecule has 1 unspecified atom stereocenters. The zero-order valence-corrected chi connectivity index (χ0v) is 14.7. The van der Waals surface area contributed by atoms with Gasteiger partial charge in [0, 0.05) is 11.7 Å². The number of aromatic nitrogens is 2. The molecule has 1 atom stereocenters. The number of hydrogen-bond donors (Lipinski definition) is 1. The van der Waals surface area contributed by atoms with Gasteiger partial charge in [0.2, 0.25) is 5.91 Å². The van der Waals surface area contributed by atoms with Gasteiger partial charge in [-0.15, -0.1) is 0 Å². The lowest BCUT2D eigenvalue weighted by Crippen LogP contribution is -2.50. The van der Waals surface area contributed by atoms with Crippen molar-refractivity contribution in [2.75, 3.05) is 13.1 Å². The van der Waals surface area contributed by atoms with E-state index < -0.39 is 5.54 Å². The van der Waals surface area contributed by atoms with Crippen LogP contribution in [0.5, 0.6) is 0 Å². The van der Waals surface area contributed by atoms with E-state index in [9.17, 15) is 10.1 Å². The minimum atomic E-state index is -0.623. The highest BCUT2D eigenvalue weighted by molar-refractivity contribution is 5.79. The van der Waals surface area contributed by atoms with Crippen molar-refractivity contribution in [3.8, 4) is 6.07 Å². The van der Waals surface area contributed by atoms with Crippen LogP contribution in [0.2, 0.25) is 0 Å². The lowest BCUT2D eigenvalue weighted by Gasteiger charge is -2.27. The van der Waals surface area contributed by atoms with Crippen LogP contribution in [-0.2, 0) is 11.3 Å². The van der Waals surface area contributed by atoms with Gasteiger partial charge in [-0.3, -0.25) is 14.4 Å². The van der Waals surface area contributed by atoms with E-state index in [1.807, 2.05) is 11.6 Å². The van der Waals surface area contributed by atoms with E-state index in [2.05, 4.69) is 34.4 Å². The Morgan fingerprint density at radius 2 is 2.17 bits per heavy atom. The second-order valence-electron chi connectivity index (χ2n) is 7.32. The van der Waals surface area contributed by atoms with Crippen LogP contribution in [0.1, 0.15) is 49.9 Å². The number of amides is 1. The standard InChI is InChI=1S/C18H27N5O/c1-14-10-15(2)23(21-14)11-16-6-5-9-22(16)12-17(24)20-18(13-19)7-3-4-8-18/h10,16H,3-9,11-12H2,1-2H3,(H,20,24). The smallest absolute Gasteiger partial charge is 0.235 e. The second kappa shape index (κ2) is 6.94. The van der Waals surface area contributed by atoms with Gasteiger partial charge in [-0.2, -0.15) is 10.4 Å². The molecule has 1 aliphatic heterocycles. The zero-order valence-electron chi connectivity index (χ0n) is 14.7. The molecule has 0 aromatic carbocycles. The molecule has 1 saturated carbocycles. The van der Waals surface area contributed by atoms with E-state index in [1.165, 1.54) is 0 Å². The topological polar surface area (TPSA) is 74.0 Å². The van der Waals surface area contributed by atoms with Crippen LogP contribution < -0.4 is 5.32 Å². The highest BCUT2D eigenvalue weighted by Crippen LogP contribution is 2.29. The highest BCUT2D eigenvalue weighted by atomic mass is 16.2. The number of aryl methyl sites for hydroxylation is 2. The average Bonchev–Trinajstić information content (AvgIpc) is 3.23. The van der Waals surface area contributed by atoms with Crippen LogP contribution >= 0.6 is 0 Å². The predicted molar refractivity (Wildman–Crippen MR) is 91.3 cm³/mol. The Bertz CT molecular complexity index is 638. The van der Waals surface area contributed by atoms with Crippen molar-refractivity contribution in [1.82, 2.24) is 20.0 Å². The number of nitrogens with zero attached hydrogens (tertiary/aromatic N) is 4. The molecule has 0 bridgehead atoms. The minimum Gasteiger partial charge on any atom is -0.337 e. The van der Waals surface area contributed by atoms with Gasteiger partial charge in [-0.1, -0.05) is 0 Å². The summed E-state index contributed by atoms with van der Waals surface area (Å²) in [5.74, 6) is -0.0151. The summed E-state index contributed by atoms with van der Waals surface area (Å²) >= 11 is 0. The largest absolute Gasteiger partial charge is 0.337 e. The zero-order chi connectivity index (χ0) is 17.2. The molecule has 1 aromatic heterocycles. The number of nitriles is 1. The fourth-order valence-corrected chi connectivity index (χ4v) is 4.10. The van der Waals surface area contributed by atoms with E-state index in [4.69, 9.17) is 0 Å². The Kier molecular flexibility index (Phi) is 4.91. The number of hydrogen-bond acceptors (Lipinski definition) is 4. The molecule has 6 heteroatoms. The number of likely N-dealkylation sites (tertiary alicyclic amines) is 1. The average molecular weight is 329 g/mol. The molecule has 0 radical (unpaired) electrons. The number of carbonyl (C=O) groups excluding carboxylic acids is 1. The molecule has 1 N–H and O–H groups in total. The van der Waals surface area contributed by atoms with Crippen molar-refractivity contribution in [2.45, 2.75) is 70.5 Å². The Labute approximate surface area is 143 Å². The number of nitrogens with one attached hydrogen (secondary N) is 1. The van der Waals surface area contributed by atoms with E-state index in [0.717, 1.165) is 63.0 Å². The van der Waals surface area contributed by atoms with Crippen LogP contribution in [0.15, 0.2) is 6.07 Å². The molecular weight excluding hydrogens is 302 g/mol. The Balaban J connectivity index is 1.58. The molecule has 2 aliphatic rings. The molecule has 1 saturated heterocycles. The van der Waals surface area contributed by atoms with Crippen molar-refractivity contribution in [2.24, 2.45) is 0 Å². The van der Waals surface area contributed by atoms with Gasteiger partial charge in [0.25, 0.3) is 0 Å². The summed E-state index contributed by atoms with van der Waals surface area (Å²) in [5.41, 5.74) is 1.58. The SMILES string of the molecule is Cc1cc(C)n(CC2CCCN2CC(=O)NC2(C#N)CCCC2)n1. The van der Waals surface area contributed by atoms with Gasteiger partial charge >= 0.3 is 0 Å². The van der Waals surface area contributed by atoms with Gasteiger partial charge in [0.05, 0.1) is 24.9 Å². The molecular formula is C18H27N5O. The first-order valence-electron chi connectivity index (χ1n) is 8.99. The summed E-state index contributed by atoms with van der Waals surface area (Å²) in [4.78, 5) is 14.7. The molecule has 1 amide bonds. The lowest BCUT2D eigenvalue weighted by molar-refractivity contribution is -0.123. The molecule has 3 rings (SSSR count). The fourth-order valence-electron chi connectivity index (χ4n) is 4.10. The Morgan fingerprint density at radius 3 is 2.79 bits per heavy atom. The third kappa shape index (κ3) is 3.62. The van der Waals surface area contributed by atoms with Crippen LogP contribution in [0.4, 0.5) is 0 Å². The third-order valence-electron chi connectivity index (χ3n) is 5.38. The van der Waals surface area contributed by atoms with Crippen LogP contribution in [-0.4, -0.2) is 45.3 Å². The number of carbonyl (C=O) groups is 1. The molecule has 24 heavy (non-hydrogen) atoms. The molecule has 0 spiro atoms. The minimum absolute atomic E-state index is 0.0151. The first-order valence-corrected chi connectivity index (χ1v) is 8.99. The fraction of sp³-hybridized carbons (Fsp3) is 0.722. The summed E-state index contributed by atoms with van der Waals surface area (Å²) in [7, 11) is 0. The van der Waals surface area contributed by atoms with Gasteiger partial charge < -0.3 is 5.32 Å². The molecule has 130 valence electrons. The molecule has 1 aliphatic carbocycles. The van der Waals surface area contributed by atoms with E-state index in [0.29, 0.717) is 12.6 Å². The maximum absolute atomic E-state index is 12.5. The molecule has 2 heterocycles. The Morgan fingerprint density at radius 1 is 1.42 bits per heavy atom. The van der Waals surface area contributed by atoms with E-state index >= 15 is 0 Å². The maximum atomic E-state index is 12.5. The first kappa shape index (κ1) is 17.0. The van der Waals surface area contributed by atoms with Crippen molar-refractivity contribution in [3.63, 3.8) is 0 Å². The van der Waals surface area contributed by atoms with Crippen molar-refractivity contribution in [1.29, 1.82) is 5.26 Å². The summed E-state index contributed by atoms with van der Waals surface area (Å²) in [6.45, 7) is 6.23. The van der Waals surface area contributed by atoms with Crippen molar-refractivity contribution >= 4 is 5.91 Å². The van der Waals surface area contributed by atoms with E-state index in [1.54, 1.807) is 0 Å². The summed E-state index contributed by atoms with van der Waals surface area (Å²) in [6, 6.07) is 4.76. The summed E-state index contributed by atoms with van der Waals surface area (Å²) < 4.78 is 2.05. The van der Waals surface area contributed by atoms with Gasteiger partial charge in [-0.25, -0.2) is 0 Å². The van der Waals surface area contributed by atoms with Crippen LogP contribution in [0.25, 0.3) is 0 Å². The van der Waals surface area contributed by atoms with Crippen molar-refractivity contribution in [3.05, 3.63) is 17.5 Å². The monoisotopic (exact) mass is 329 g/mol. The third-order valence-corrected chi connectivity index (χ3v) is 5.38. The predicted octanol–water partition coefficient (Wildman–Crippen LogP) is 1.92. The molecule has 1 aromatic rings. The number of rotatable bonds is 5. The quantitative estimate of drug-likeness (QED) is 0.895. The highest BCUT2D eigenvalue weighted by Gasteiger charge is 2.36. The van der Waals surface area contributed by atoms with Gasteiger partial charge in [0.15, 0.2) is 0 Å². The lowest BCUT2D eigenvalue weighted by atomic mass is 10.00. The Hall–Kier alpha value is -1.87. The van der Waals surface area contributed by atoms with Gasteiger partial charge in [-0.05, 0) is 65.0 Å². The summed E-state index contributed by atoms with van der Waals surface area (Å²) in [6.07, 6.45) is 5.82. The van der Waals surface area contributed by atoms with E-state index in [-0.39, 0.29) is 5.91 Å². The molecule has 6 nitrogen and oxygen atoms in total. The van der Waals surface area contributed by atoms with Gasteiger partial charge in [0.1, 0.15) is 5.54 Å². The first-order chi connectivity index (χ1) is 11.5. The van der Waals surface area contributed by atoms with Crippen LogP contribution in [0.3, 0.4) is 0 Å². The maximum Gasteiger partial charge on any atom is 0.235 e.